The molecule has 1 rings (SSSR count). The number of nitrogens with zero attached hydrogens (tertiary/aromatic N) is 1. The summed E-state index contributed by atoms with van der Waals surface area (Å²) in [5, 5.41) is 2.84. The second kappa shape index (κ2) is 5.65. The Kier molecular flexibility index (Phi) is 4.46. The highest BCUT2D eigenvalue weighted by molar-refractivity contribution is 5.74. The van der Waals surface area contributed by atoms with Crippen LogP contribution in [0.4, 0.5) is 4.79 Å². The van der Waals surface area contributed by atoms with Crippen molar-refractivity contribution >= 4 is 6.03 Å². The molecule has 1 aliphatic rings. The molecule has 0 atom stereocenters. The summed E-state index contributed by atoms with van der Waals surface area (Å²) in [7, 11) is 0. The van der Waals surface area contributed by atoms with Crippen molar-refractivity contribution in [3.8, 4) is 0 Å². The van der Waals surface area contributed by atoms with Crippen molar-refractivity contribution in [1.29, 1.82) is 0 Å². The molecular formula is C10H18N2O2. The zero-order valence-electron chi connectivity index (χ0n) is 8.88. The van der Waals surface area contributed by atoms with Gasteiger partial charge in [-0.05, 0) is 13.8 Å². The number of carbonyl (C=O) groups is 1. The second-order valence-corrected chi connectivity index (χ2v) is 3.57. The van der Waals surface area contributed by atoms with Gasteiger partial charge in [-0.2, -0.15) is 0 Å². The topological polar surface area (TPSA) is 41.6 Å². The molecule has 2 amide bonds. The molecule has 0 unspecified atom stereocenters. The maximum Gasteiger partial charge on any atom is 0.317 e. The molecule has 80 valence electrons. The molecule has 14 heavy (non-hydrogen) atoms. The van der Waals surface area contributed by atoms with Gasteiger partial charge in [0.05, 0.1) is 13.2 Å². The summed E-state index contributed by atoms with van der Waals surface area (Å²) in [5.41, 5.74) is 1.22. The van der Waals surface area contributed by atoms with E-state index in [-0.39, 0.29) is 6.03 Å². The molecule has 0 radical (unpaired) electrons. The van der Waals surface area contributed by atoms with E-state index in [1.165, 1.54) is 5.57 Å². The number of hydrogen-bond donors (Lipinski definition) is 1. The van der Waals surface area contributed by atoms with Crippen LogP contribution >= 0.6 is 0 Å². The lowest BCUT2D eigenvalue weighted by atomic mass is 10.3. The molecule has 0 aromatic rings. The SMILES string of the molecule is CC(C)=CCNC(=O)N1CCOCC1. The summed E-state index contributed by atoms with van der Waals surface area (Å²) in [4.78, 5) is 13.3. The van der Waals surface area contributed by atoms with Crippen LogP contribution in [0.5, 0.6) is 0 Å². The van der Waals surface area contributed by atoms with Crippen LogP contribution in [0.15, 0.2) is 11.6 Å². The first-order valence-electron chi connectivity index (χ1n) is 4.94. The summed E-state index contributed by atoms with van der Waals surface area (Å²) >= 11 is 0. The van der Waals surface area contributed by atoms with Gasteiger partial charge in [0.15, 0.2) is 0 Å². The fourth-order valence-electron chi connectivity index (χ4n) is 1.22. The van der Waals surface area contributed by atoms with Crippen LogP contribution in [-0.4, -0.2) is 43.8 Å². The van der Waals surface area contributed by atoms with Gasteiger partial charge in [0.2, 0.25) is 0 Å². The zero-order chi connectivity index (χ0) is 10.4. The number of carbonyl (C=O) groups excluding carboxylic acids is 1. The van der Waals surface area contributed by atoms with Crippen LogP contribution in [0, 0.1) is 0 Å². The van der Waals surface area contributed by atoms with Crippen LogP contribution in [0.2, 0.25) is 0 Å². The maximum absolute atomic E-state index is 11.5. The Labute approximate surface area is 84.9 Å². The third-order valence-electron chi connectivity index (χ3n) is 2.06. The number of hydrogen-bond acceptors (Lipinski definition) is 2. The van der Waals surface area contributed by atoms with E-state index in [1.807, 2.05) is 19.9 Å². The highest BCUT2D eigenvalue weighted by Crippen LogP contribution is 1.96. The van der Waals surface area contributed by atoms with Crippen molar-refractivity contribution in [2.45, 2.75) is 13.8 Å². The molecule has 1 heterocycles. The first kappa shape index (κ1) is 11.0. The van der Waals surface area contributed by atoms with E-state index in [9.17, 15) is 4.79 Å². The number of ether oxygens (including phenoxy) is 1. The molecule has 1 fully saturated rings. The standard InChI is InChI=1S/C10H18N2O2/c1-9(2)3-4-11-10(13)12-5-7-14-8-6-12/h3H,4-8H2,1-2H3,(H,11,13). The van der Waals surface area contributed by atoms with Gasteiger partial charge in [-0.1, -0.05) is 11.6 Å². The van der Waals surface area contributed by atoms with E-state index < -0.39 is 0 Å². The van der Waals surface area contributed by atoms with E-state index in [2.05, 4.69) is 5.32 Å². The second-order valence-electron chi connectivity index (χ2n) is 3.57. The molecule has 0 aromatic carbocycles. The van der Waals surface area contributed by atoms with Crippen LogP contribution < -0.4 is 5.32 Å². The predicted octanol–water partition coefficient (Wildman–Crippen LogP) is 0.994. The molecule has 4 nitrogen and oxygen atoms in total. The van der Waals surface area contributed by atoms with Crippen molar-refractivity contribution in [2.75, 3.05) is 32.8 Å². The fraction of sp³-hybridized carbons (Fsp3) is 0.700. The van der Waals surface area contributed by atoms with Gasteiger partial charge in [-0.3, -0.25) is 0 Å². The molecular weight excluding hydrogens is 180 g/mol. The average Bonchev–Trinajstić information content (AvgIpc) is 2.18. The molecule has 1 saturated heterocycles. The lowest BCUT2D eigenvalue weighted by molar-refractivity contribution is 0.0534. The van der Waals surface area contributed by atoms with E-state index in [0.717, 1.165) is 0 Å². The van der Waals surface area contributed by atoms with E-state index in [4.69, 9.17) is 4.74 Å². The van der Waals surface area contributed by atoms with Gasteiger partial charge in [0.25, 0.3) is 0 Å². The molecule has 0 saturated carbocycles. The number of allylic oxidation sites excluding steroid dienone is 1. The number of amides is 2. The van der Waals surface area contributed by atoms with Crippen molar-refractivity contribution in [2.24, 2.45) is 0 Å². The Bertz CT molecular complexity index is 216. The molecule has 1 N–H and O–H groups in total. The van der Waals surface area contributed by atoms with Crippen molar-refractivity contribution < 1.29 is 9.53 Å². The van der Waals surface area contributed by atoms with Crippen LogP contribution in [0.3, 0.4) is 0 Å². The third kappa shape index (κ3) is 3.79. The lowest BCUT2D eigenvalue weighted by Crippen LogP contribution is -2.46. The van der Waals surface area contributed by atoms with Crippen molar-refractivity contribution in [3.05, 3.63) is 11.6 Å². The minimum Gasteiger partial charge on any atom is -0.378 e. The Morgan fingerprint density at radius 2 is 2.07 bits per heavy atom. The van der Waals surface area contributed by atoms with Crippen LogP contribution in [0.25, 0.3) is 0 Å². The zero-order valence-corrected chi connectivity index (χ0v) is 8.88. The lowest BCUT2D eigenvalue weighted by Gasteiger charge is -2.26. The smallest absolute Gasteiger partial charge is 0.317 e. The van der Waals surface area contributed by atoms with E-state index in [1.54, 1.807) is 4.90 Å². The van der Waals surface area contributed by atoms with Crippen LogP contribution in [-0.2, 0) is 4.74 Å². The normalized spacial score (nSPS) is 16.3. The van der Waals surface area contributed by atoms with Crippen molar-refractivity contribution in [3.63, 3.8) is 0 Å². The maximum atomic E-state index is 11.5. The van der Waals surface area contributed by atoms with Crippen LogP contribution in [0.1, 0.15) is 13.8 Å². The van der Waals surface area contributed by atoms with E-state index in [0.29, 0.717) is 32.8 Å². The van der Waals surface area contributed by atoms with Gasteiger partial charge in [-0.15, -0.1) is 0 Å². The summed E-state index contributed by atoms with van der Waals surface area (Å²) in [6.45, 7) is 7.33. The van der Waals surface area contributed by atoms with E-state index >= 15 is 0 Å². The van der Waals surface area contributed by atoms with Gasteiger partial charge in [0, 0.05) is 19.6 Å². The Morgan fingerprint density at radius 3 is 2.64 bits per heavy atom. The summed E-state index contributed by atoms with van der Waals surface area (Å²) < 4.78 is 5.16. The molecule has 0 aromatic heterocycles. The largest absolute Gasteiger partial charge is 0.378 e. The highest BCUT2D eigenvalue weighted by Gasteiger charge is 2.15. The first-order valence-corrected chi connectivity index (χ1v) is 4.94. The number of morpholine rings is 1. The first-order chi connectivity index (χ1) is 6.70. The number of nitrogens with one attached hydrogen (secondary N) is 1. The fourth-order valence-corrected chi connectivity index (χ4v) is 1.22. The number of urea groups is 1. The third-order valence-corrected chi connectivity index (χ3v) is 2.06. The van der Waals surface area contributed by atoms with Gasteiger partial charge in [0.1, 0.15) is 0 Å². The minimum atomic E-state index is 0.00537. The average molecular weight is 198 g/mol. The van der Waals surface area contributed by atoms with Gasteiger partial charge < -0.3 is 15.0 Å². The molecule has 0 spiro atoms. The highest BCUT2D eigenvalue weighted by atomic mass is 16.5. The summed E-state index contributed by atoms with van der Waals surface area (Å²) in [6.07, 6.45) is 2.00. The number of rotatable bonds is 2. The Balaban J connectivity index is 2.23. The summed E-state index contributed by atoms with van der Waals surface area (Å²) in [5.74, 6) is 0. The Hall–Kier alpha value is -1.03. The monoisotopic (exact) mass is 198 g/mol. The molecule has 1 aliphatic heterocycles. The predicted molar refractivity (Wildman–Crippen MR) is 55.2 cm³/mol. The summed E-state index contributed by atoms with van der Waals surface area (Å²) in [6, 6.07) is 0.00537. The molecule has 0 bridgehead atoms. The molecule has 0 aliphatic carbocycles. The van der Waals surface area contributed by atoms with Crippen molar-refractivity contribution in [1.82, 2.24) is 10.2 Å². The molecule has 4 heteroatoms. The van der Waals surface area contributed by atoms with Gasteiger partial charge in [-0.25, -0.2) is 4.79 Å². The Morgan fingerprint density at radius 1 is 1.43 bits per heavy atom. The minimum absolute atomic E-state index is 0.00537. The van der Waals surface area contributed by atoms with Gasteiger partial charge >= 0.3 is 6.03 Å². The quantitative estimate of drug-likeness (QED) is 0.672.